The van der Waals surface area contributed by atoms with Crippen LogP contribution in [-0.4, -0.2) is 0 Å². The SMILES string of the molecule is C=CC=Cc1cccc(-c2ccccc2)c1. The lowest BCUT2D eigenvalue weighted by atomic mass is 10.0. The minimum absolute atomic E-state index is 1.20. The average molecular weight is 206 g/mol. The molecule has 0 N–H and O–H groups in total. The minimum atomic E-state index is 1.20. The van der Waals surface area contributed by atoms with Gasteiger partial charge in [-0.2, -0.15) is 0 Å². The average Bonchev–Trinajstić information content (AvgIpc) is 2.38. The molecule has 78 valence electrons. The highest BCUT2D eigenvalue weighted by atomic mass is 14.0. The van der Waals surface area contributed by atoms with E-state index in [0.29, 0.717) is 0 Å². The topological polar surface area (TPSA) is 0 Å². The molecular weight excluding hydrogens is 192 g/mol. The summed E-state index contributed by atoms with van der Waals surface area (Å²) in [6, 6.07) is 18.9. The van der Waals surface area contributed by atoms with Crippen LogP contribution < -0.4 is 0 Å². The fraction of sp³-hybridized carbons (Fsp3) is 0. The standard InChI is InChI=1S/C16H14/c1-2-3-8-14-9-7-12-16(13-14)15-10-5-4-6-11-15/h2-13H,1H2. The summed E-state index contributed by atoms with van der Waals surface area (Å²) in [7, 11) is 0. The first-order valence-electron chi connectivity index (χ1n) is 5.35. The number of rotatable bonds is 3. The van der Waals surface area contributed by atoms with Gasteiger partial charge in [-0.25, -0.2) is 0 Å². The highest BCUT2D eigenvalue weighted by Crippen LogP contribution is 2.20. The Balaban J connectivity index is 2.36. The van der Waals surface area contributed by atoms with E-state index in [1.165, 1.54) is 16.7 Å². The van der Waals surface area contributed by atoms with Crippen molar-refractivity contribution in [3.05, 3.63) is 78.9 Å². The smallest absolute Gasteiger partial charge is 0.0178 e. The molecule has 0 aliphatic heterocycles. The van der Waals surface area contributed by atoms with Crippen molar-refractivity contribution >= 4 is 6.08 Å². The normalized spacial score (nSPS) is 10.5. The van der Waals surface area contributed by atoms with Gasteiger partial charge in [0, 0.05) is 0 Å². The fourth-order valence-electron chi connectivity index (χ4n) is 1.63. The van der Waals surface area contributed by atoms with Gasteiger partial charge in [0.1, 0.15) is 0 Å². The Morgan fingerprint density at radius 3 is 2.31 bits per heavy atom. The molecule has 2 aromatic rings. The maximum Gasteiger partial charge on any atom is -0.0178 e. The van der Waals surface area contributed by atoms with Crippen LogP contribution in [0.4, 0.5) is 0 Å². The molecule has 0 spiro atoms. The first-order valence-corrected chi connectivity index (χ1v) is 5.35. The molecule has 2 rings (SSSR count). The van der Waals surface area contributed by atoms with Crippen molar-refractivity contribution in [3.8, 4) is 11.1 Å². The van der Waals surface area contributed by atoms with E-state index in [9.17, 15) is 0 Å². The van der Waals surface area contributed by atoms with Crippen LogP contribution in [-0.2, 0) is 0 Å². The zero-order valence-electron chi connectivity index (χ0n) is 9.14. The molecule has 0 fully saturated rings. The molecule has 0 aliphatic rings. The number of allylic oxidation sites excluding steroid dienone is 2. The van der Waals surface area contributed by atoms with E-state index in [2.05, 4.69) is 61.2 Å². The molecule has 0 saturated carbocycles. The molecular formula is C16H14. The Hall–Kier alpha value is -2.08. The molecule has 16 heavy (non-hydrogen) atoms. The fourth-order valence-corrected chi connectivity index (χ4v) is 1.63. The quantitative estimate of drug-likeness (QED) is 0.646. The van der Waals surface area contributed by atoms with Gasteiger partial charge in [0.25, 0.3) is 0 Å². The van der Waals surface area contributed by atoms with Crippen molar-refractivity contribution in [2.75, 3.05) is 0 Å². The van der Waals surface area contributed by atoms with Gasteiger partial charge in [-0.15, -0.1) is 0 Å². The van der Waals surface area contributed by atoms with Crippen molar-refractivity contribution < 1.29 is 0 Å². The van der Waals surface area contributed by atoms with Crippen LogP contribution in [0.25, 0.3) is 17.2 Å². The zero-order valence-corrected chi connectivity index (χ0v) is 9.14. The lowest BCUT2D eigenvalue weighted by Gasteiger charge is -2.02. The predicted molar refractivity (Wildman–Crippen MR) is 71.1 cm³/mol. The van der Waals surface area contributed by atoms with Crippen LogP contribution in [0.2, 0.25) is 0 Å². The summed E-state index contributed by atoms with van der Waals surface area (Å²) in [5.41, 5.74) is 3.68. The Bertz CT molecular complexity index is 492. The summed E-state index contributed by atoms with van der Waals surface area (Å²) < 4.78 is 0. The Morgan fingerprint density at radius 2 is 1.56 bits per heavy atom. The first-order chi connectivity index (χ1) is 7.90. The van der Waals surface area contributed by atoms with E-state index in [0.717, 1.165) is 0 Å². The van der Waals surface area contributed by atoms with Crippen LogP contribution in [0, 0.1) is 0 Å². The van der Waals surface area contributed by atoms with Gasteiger partial charge in [0.05, 0.1) is 0 Å². The number of hydrogen-bond donors (Lipinski definition) is 0. The molecule has 0 atom stereocenters. The minimum Gasteiger partial charge on any atom is -0.0991 e. The molecule has 0 aliphatic carbocycles. The summed E-state index contributed by atoms with van der Waals surface area (Å²) in [6.07, 6.45) is 5.79. The zero-order chi connectivity index (χ0) is 11.2. The highest BCUT2D eigenvalue weighted by molar-refractivity contribution is 5.67. The summed E-state index contributed by atoms with van der Waals surface area (Å²) in [6.45, 7) is 3.67. The van der Waals surface area contributed by atoms with E-state index in [1.54, 1.807) is 6.08 Å². The maximum atomic E-state index is 3.67. The third-order valence-corrected chi connectivity index (χ3v) is 2.42. The van der Waals surface area contributed by atoms with Crippen LogP contribution in [0.15, 0.2) is 73.3 Å². The first kappa shape index (κ1) is 10.4. The van der Waals surface area contributed by atoms with Crippen molar-refractivity contribution in [3.63, 3.8) is 0 Å². The third-order valence-electron chi connectivity index (χ3n) is 2.42. The van der Waals surface area contributed by atoms with Crippen LogP contribution >= 0.6 is 0 Å². The van der Waals surface area contributed by atoms with Crippen molar-refractivity contribution in [1.82, 2.24) is 0 Å². The van der Waals surface area contributed by atoms with E-state index in [1.807, 2.05) is 12.1 Å². The van der Waals surface area contributed by atoms with Crippen LogP contribution in [0.1, 0.15) is 5.56 Å². The lowest BCUT2D eigenvalue weighted by molar-refractivity contribution is 1.60. The molecule has 0 aromatic heterocycles. The van der Waals surface area contributed by atoms with Crippen molar-refractivity contribution in [2.24, 2.45) is 0 Å². The highest BCUT2D eigenvalue weighted by Gasteiger charge is 1.95. The van der Waals surface area contributed by atoms with E-state index < -0.39 is 0 Å². The molecule has 0 radical (unpaired) electrons. The summed E-state index contributed by atoms with van der Waals surface area (Å²) in [5, 5.41) is 0. The molecule has 0 bridgehead atoms. The molecule has 0 unspecified atom stereocenters. The number of hydrogen-bond acceptors (Lipinski definition) is 0. The van der Waals surface area contributed by atoms with Crippen LogP contribution in [0.5, 0.6) is 0 Å². The molecule has 0 nitrogen and oxygen atoms in total. The predicted octanol–water partition coefficient (Wildman–Crippen LogP) is 4.55. The monoisotopic (exact) mass is 206 g/mol. The largest absolute Gasteiger partial charge is 0.0991 e. The van der Waals surface area contributed by atoms with Gasteiger partial charge in [-0.1, -0.05) is 73.3 Å². The maximum absolute atomic E-state index is 3.67. The van der Waals surface area contributed by atoms with E-state index >= 15 is 0 Å². The Labute approximate surface area is 96.6 Å². The van der Waals surface area contributed by atoms with Crippen LogP contribution in [0.3, 0.4) is 0 Å². The summed E-state index contributed by atoms with van der Waals surface area (Å²) >= 11 is 0. The van der Waals surface area contributed by atoms with Gasteiger partial charge < -0.3 is 0 Å². The van der Waals surface area contributed by atoms with Crippen molar-refractivity contribution in [1.29, 1.82) is 0 Å². The van der Waals surface area contributed by atoms with E-state index in [-0.39, 0.29) is 0 Å². The third kappa shape index (κ3) is 2.48. The van der Waals surface area contributed by atoms with Gasteiger partial charge in [-0.3, -0.25) is 0 Å². The van der Waals surface area contributed by atoms with E-state index in [4.69, 9.17) is 0 Å². The second kappa shape index (κ2) is 5.13. The molecule has 0 amide bonds. The number of benzene rings is 2. The molecule has 0 saturated heterocycles. The Kier molecular flexibility index (Phi) is 3.35. The van der Waals surface area contributed by atoms with Gasteiger partial charge >= 0.3 is 0 Å². The second-order valence-electron chi connectivity index (χ2n) is 3.59. The van der Waals surface area contributed by atoms with Crippen molar-refractivity contribution in [2.45, 2.75) is 0 Å². The van der Waals surface area contributed by atoms with Gasteiger partial charge in [0.15, 0.2) is 0 Å². The molecule has 0 heteroatoms. The molecule has 0 heterocycles. The van der Waals surface area contributed by atoms with Gasteiger partial charge in [0.2, 0.25) is 0 Å². The second-order valence-corrected chi connectivity index (χ2v) is 3.59. The lowest BCUT2D eigenvalue weighted by Crippen LogP contribution is -1.78. The van der Waals surface area contributed by atoms with Gasteiger partial charge in [-0.05, 0) is 22.8 Å². The Morgan fingerprint density at radius 1 is 0.812 bits per heavy atom. The molecule has 2 aromatic carbocycles. The summed E-state index contributed by atoms with van der Waals surface area (Å²) in [4.78, 5) is 0. The summed E-state index contributed by atoms with van der Waals surface area (Å²) in [5.74, 6) is 0.